The van der Waals surface area contributed by atoms with Crippen molar-refractivity contribution in [2.45, 2.75) is 6.92 Å². The average Bonchev–Trinajstić information content (AvgIpc) is 2.63. The summed E-state index contributed by atoms with van der Waals surface area (Å²) in [6, 6.07) is 13.0. The zero-order valence-electron chi connectivity index (χ0n) is 14.0. The van der Waals surface area contributed by atoms with Gasteiger partial charge in [0.1, 0.15) is 11.5 Å². The topological polar surface area (TPSA) is 84.2 Å². The van der Waals surface area contributed by atoms with Crippen molar-refractivity contribution in [1.29, 1.82) is 0 Å². The van der Waals surface area contributed by atoms with E-state index < -0.39 is 10.0 Å². The number of nitrogens with zero attached hydrogens (tertiary/aromatic N) is 4. The van der Waals surface area contributed by atoms with Crippen LogP contribution in [0.3, 0.4) is 0 Å². The fourth-order valence-electron chi connectivity index (χ4n) is 2.72. The molecule has 0 spiro atoms. The number of amidine groups is 1. The van der Waals surface area contributed by atoms with Gasteiger partial charge in [0, 0.05) is 5.57 Å². The fraction of sp³-hybridized carbons (Fsp3) is 0.167. The number of pyridine rings is 1. The van der Waals surface area contributed by atoms with Gasteiger partial charge in [0.05, 0.1) is 29.9 Å². The van der Waals surface area contributed by atoms with Crippen LogP contribution in [-0.4, -0.2) is 42.3 Å². The number of aromatic nitrogens is 1. The van der Waals surface area contributed by atoms with Crippen molar-refractivity contribution < 1.29 is 13.2 Å². The van der Waals surface area contributed by atoms with Crippen LogP contribution in [0, 0.1) is 0 Å². The summed E-state index contributed by atoms with van der Waals surface area (Å²) in [5.74, 6) is 1.58. The van der Waals surface area contributed by atoms with Gasteiger partial charge >= 0.3 is 0 Å². The van der Waals surface area contributed by atoms with Gasteiger partial charge in [-0.05, 0) is 37.3 Å². The Labute approximate surface area is 151 Å². The molecule has 0 aliphatic carbocycles. The standard InChI is InChI=1S/C18H16N4O3S/c1-13-11-16(18-21-26(23,24)10-9-22(18)20-13)17-8-7-15(12-19-17)25-14-5-3-2-4-6-14/h2-8,11-12H,9-10H2,1H3. The molecule has 8 heteroatoms. The third kappa shape index (κ3) is 3.36. The highest BCUT2D eigenvalue weighted by Gasteiger charge is 2.30. The lowest BCUT2D eigenvalue weighted by Gasteiger charge is -2.28. The Morgan fingerprint density at radius 2 is 1.88 bits per heavy atom. The van der Waals surface area contributed by atoms with Crippen LogP contribution in [0.1, 0.15) is 12.6 Å². The first-order valence-electron chi connectivity index (χ1n) is 8.07. The van der Waals surface area contributed by atoms with Gasteiger partial charge in [-0.2, -0.15) is 5.10 Å². The van der Waals surface area contributed by atoms with E-state index in [-0.39, 0.29) is 12.3 Å². The van der Waals surface area contributed by atoms with E-state index in [2.05, 4.69) is 14.5 Å². The molecular weight excluding hydrogens is 352 g/mol. The van der Waals surface area contributed by atoms with Crippen molar-refractivity contribution in [1.82, 2.24) is 9.99 Å². The molecule has 132 valence electrons. The van der Waals surface area contributed by atoms with Gasteiger partial charge in [-0.1, -0.05) is 18.2 Å². The fourth-order valence-corrected chi connectivity index (χ4v) is 3.67. The van der Waals surface area contributed by atoms with Gasteiger partial charge in [0.25, 0.3) is 10.0 Å². The van der Waals surface area contributed by atoms with Crippen molar-refractivity contribution in [2.24, 2.45) is 9.50 Å². The molecule has 0 unspecified atom stereocenters. The molecule has 0 fully saturated rings. The van der Waals surface area contributed by atoms with E-state index in [0.717, 1.165) is 11.5 Å². The van der Waals surface area contributed by atoms with E-state index in [1.165, 1.54) is 0 Å². The maximum absolute atomic E-state index is 11.9. The molecule has 2 aliphatic heterocycles. The zero-order chi connectivity index (χ0) is 18.1. The lowest BCUT2D eigenvalue weighted by Crippen LogP contribution is -2.39. The van der Waals surface area contributed by atoms with Gasteiger partial charge in [0.2, 0.25) is 0 Å². The summed E-state index contributed by atoms with van der Waals surface area (Å²) in [6.07, 6.45) is 3.39. The number of para-hydroxylation sites is 1. The Kier molecular flexibility index (Phi) is 4.04. The second-order valence-electron chi connectivity index (χ2n) is 5.92. The molecule has 1 aromatic carbocycles. The number of hydrogen-bond donors (Lipinski definition) is 0. The third-order valence-corrected chi connectivity index (χ3v) is 5.04. The molecular formula is C18H16N4O3S. The minimum atomic E-state index is -3.48. The van der Waals surface area contributed by atoms with Crippen LogP contribution >= 0.6 is 0 Å². The van der Waals surface area contributed by atoms with E-state index in [1.54, 1.807) is 29.4 Å². The van der Waals surface area contributed by atoms with Crippen molar-refractivity contribution in [3.05, 3.63) is 60.4 Å². The Morgan fingerprint density at radius 3 is 2.62 bits per heavy atom. The normalized spacial score (nSPS) is 18.3. The monoisotopic (exact) mass is 368 g/mol. The second-order valence-corrected chi connectivity index (χ2v) is 7.67. The first-order valence-corrected chi connectivity index (χ1v) is 9.68. The van der Waals surface area contributed by atoms with Crippen molar-refractivity contribution in [3.8, 4) is 11.5 Å². The highest BCUT2D eigenvalue weighted by atomic mass is 32.2. The van der Waals surface area contributed by atoms with Crippen LogP contribution in [-0.2, 0) is 10.0 Å². The number of ether oxygens (including phenoxy) is 1. The molecule has 0 atom stereocenters. The maximum Gasteiger partial charge on any atom is 0.256 e. The van der Waals surface area contributed by atoms with Gasteiger partial charge in [-0.15, -0.1) is 4.40 Å². The van der Waals surface area contributed by atoms with Crippen molar-refractivity contribution >= 4 is 27.1 Å². The van der Waals surface area contributed by atoms with Crippen molar-refractivity contribution in [2.75, 3.05) is 12.3 Å². The number of fused-ring (bicyclic) bond motifs is 1. The van der Waals surface area contributed by atoms with E-state index in [9.17, 15) is 8.42 Å². The number of benzene rings is 1. The summed E-state index contributed by atoms with van der Waals surface area (Å²) in [4.78, 5) is 4.42. The molecule has 7 nitrogen and oxygen atoms in total. The molecule has 2 aromatic rings. The molecule has 1 aromatic heterocycles. The molecule has 26 heavy (non-hydrogen) atoms. The molecule has 0 bridgehead atoms. The Bertz CT molecular complexity index is 1030. The number of rotatable bonds is 3. The minimum absolute atomic E-state index is 0.0438. The molecule has 0 radical (unpaired) electrons. The smallest absolute Gasteiger partial charge is 0.256 e. The van der Waals surface area contributed by atoms with Crippen LogP contribution in [0.25, 0.3) is 5.57 Å². The van der Waals surface area contributed by atoms with Gasteiger partial charge in [-0.3, -0.25) is 4.98 Å². The number of hydrogen-bond acceptors (Lipinski definition) is 6. The molecule has 0 saturated carbocycles. The molecule has 0 amide bonds. The second kappa shape index (κ2) is 6.38. The molecule has 3 heterocycles. The Balaban J connectivity index is 1.66. The Morgan fingerprint density at radius 1 is 1.08 bits per heavy atom. The lowest BCUT2D eigenvalue weighted by atomic mass is 10.1. The first kappa shape index (κ1) is 16.5. The summed E-state index contributed by atoms with van der Waals surface area (Å²) >= 11 is 0. The Hall–Kier alpha value is -3.00. The van der Waals surface area contributed by atoms with Crippen LogP contribution < -0.4 is 4.74 Å². The SMILES string of the molecule is CC1=NN2CCS(=O)(=O)N=C2C(c2ccc(Oc3ccccc3)cn2)=C1. The number of sulfonamides is 1. The first-order chi connectivity index (χ1) is 12.5. The molecule has 0 saturated heterocycles. The predicted octanol–water partition coefficient (Wildman–Crippen LogP) is 2.69. The number of allylic oxidation sites excluding steroid dienone is 1. The van der Waals surface area contributed by atoms with E-state index >= 15 is 0 Å². The zero-order valence-corrected chi connectivity index (χ0v) is 14.8. The van der Waals surface area contributed by atoms with Crippen LogP contribution in [0.2, 0.25) is 0 Å². The summed E-state index contributed by atoms with van der Waals surface area (Å²) < 4.78 is 33.4. The lowest BCUT2D eigenvalue weighted by molar-refractivity contribution is 0.461. The quantitative estimate of drug-likeness (QED) is 0.832. The number of hydrazone groups is 1. The molecule has 4 rings (SSSR count). The van der Waals surface area contributed by atoms with Gasteiger partial charge in [-0.25, -0.2) is 13.4 Å². The van der Waals surface area contributed by atoms with Crippen LogP contribution in [0.5, 0.6) is 11.5 Å². The summed E-state index contributed by atoms with van der Waals surface area (Å²) in [6.45, 7) is 2.14. The van der Waals surface area contributed by atoms with Crippen molar-refractivity contribution in [3.63, 3.8) is 0 Å². The summed E-state index contributed by atoms with van der Waals surface area (Å²) in [5, 5.41) is 5.96. The highest BCUT2D eigenvalue weighted by Crippen LogP contribution is 2.27. The third-order valence-electron chi connectivity index (χ3n) is 3.89. The summed E-state index contributed by atoms with van der Waals surface area (Å²) in [5.41, 5.74) is 2.01. The predicted molar refractivity (Wildman–Crippen MR) is 99.8 cm³/mol. The highest BCUT2D eigenvalue weighted by molar-refractivity contribution is 7.90. The van der Waals surface area contributed by atoms with Gasteiger partial charge in [0.15, 0.2) is 5.84 Å². The average molecular weight is 368 g/mol. The minimum Gasteiger partial charge on any atom is -0.456 e. The van der Waals surface area contributed by atoms with Crippen LogP contribution in [0.15, 0.2) is 64.2 Å². The van der Waals surface area contributed by atoms with E-state index in [1.807, 2.05) is 37.3 Å². The van der Waals surface area contributed by atoms with Crippen LogP contribution in [0.4, 0.5) is 0 Å². The molecule has 2 aliphatic rings. The van der Waals surface area contributed by atoms with E-state index in [4.69, 9.17) is 4.74 Å². The summed E-state index contributed by atoms with van der Waals surface area (Å²) in [7, 11) is -3.48. The largest absolute Gasteiger partial charge is 0.456 e. The maximum atomic E-state index is 11.9. The van der Waals surface area contributed by atoms with Gasteiger partial charge < -0.3 is 4.74 Å². The van der Waals surface area contributed by atoms with E-state index in [0.29, 0.717) is 22.9 Å². The molecule has 0 N–H and O–H groups in total.